The molecule has 0 spiro atoms. The fraction of sp³-hybridized carbons (Fsp3) is 0.344. The first-order valence-corrected chi connectivity index (χ1v) is 14.3. The number of rotatable bonds is 10. The summed E-state index contributed by atoms with van der Waals surface area (Å²) in [5.74, 6) is -2.82. The van der Waals surface area contributed by atoms with E-state index >= 15 is 0 Å². The molecule has 0 radical (unpaired) electrons. The Kier molecular flexibility index (Phi) is 10.4. The van der Waals surface area contributed by atoms with Crippen molar-refractivity contribution in [1.82, 2.24) is 4.90 Å². The lowest BCUT2D eigenvalue weighted by Crippen LogP contribution is -2.47. The van der Waals surface area contributed by atoms with Crippen molar-refractivity contribution in [2.45, 2.75) is 42.8 Å². The molecule has 0 aromatic heterocycles. The van der Waals surface area contributed by atoms with Gasteiger partial charge in [0.25, 0.3) is 5.76 Å². The number of thioether (sulfide) groups is 1. The molecule has 1 aliphatic carbocycles. The maximum absolute atomic E-state index is 12.9. The van der Waals surface area contributed by atoms with E-state index in [9.17, 15) is 23.1 Å². The van der Waals surface area contributed by atoms with Crippen molar-refractivity contribution in [2.75, 3.05) is 26.3 Å². The van der Waals surface area contributed by atoms with Gasteiger partial charge in [0.2, 0.25) is 0 Å². The van der Waals surface area contributed by atoms with Crippen molar-refractivity contribution in [3.05, 3.63) is 100 Å². The molecule has 1 fully saturated rings. The molecule has 0 atom stereocenters. The number of carbonyl (C=O) groups is 1. The Bertz CT molecular complexity index is 1340. The van der Waals surface area contributed by atoms with Gasteiger partial charge >= 0.3 is 5.97 Å². The van der Waals surface area contributed by atoms with E-state index in [1.165, 1.54) is 5.56 Å². The molecule has 0 unspecified atom stereocenters. The predicted octanol–water partition coefficient (Wildman–Crippen LogP) is 8.25. The molecular formula is C32H33ClF3NO2S. The van der Waals surface area contributed by atoms with Crippen molar-refractivity contribution >= 4 is 41.3 Å². The number of carboxylic acid groups (broad SMARTS) is 1. The van der Waals surface area contributed by atoms with Gasteiger partial charge in [0.15, 0.2) is 0 Å². The summed E-state index contributed by atoms with van der Waals surface area (Å²) in [5.41, 5.74) is 7.84. The van der Waals surface area contributed by atoms with Crippen LogP contribution in [0.1, 0.15) is 57.4 Å². The molecule has 1 N–H and O–H groups in total. The monoisotopic (exact) mass is 587 g/mol. The van der Waals surface area contributed by atoms with Gasteiger partial charge in [-0.2, -0.15) is 8.78 Å². The van der Waals surface area contributed by atoms with E-state index in [0.29, 0.717) is 29.0 Å². The highest BCUT2D eigenvalue weighted by atomic mass is 35.5. The number of fused-ring (bicyclic) bond motifs is 1. The van der Waals surface area contributed by atoms with E-state index in [1.807, 2.05) is 18.2 Å². The quantitative estimate of drug-likeness (QED) is 0.242. The number of aromatic carboxylic acids is 1. The first-order chi connectivity index (χ1) is 18.9. The molecule has 212 valence electrons. The van der Waals surface area contributed by atoms with Crippen LogP contribution in [0.15, 0.2) is 71.6 Å². The third-order valence-corrected chi connectivity index (χ3v) is 8.35. The Morgan fingerprint density at radius 1 is 0.975 bits per heavy atom. The van der Waals surface area contributed by atoms with Crippen LogP contribution >= 0.6 is 24.2 Å². The van der Waals surface area contributed by atoms with E-state index in [0.717, 1.165) is 78.7 Å². The molecule has 0 bridgehead atoms. The van der Waals surface area contributed by atoms with Crippen LogP contribution in [-0.4, -0.2) is 48.0 Å². The van der Waals surface area contributed by atoms with Crippen LogP contribution in [0.25, 0.3) is 11.1 Å². The summed E-state index contributed by atoms with van der Waals surface area (Å²) in [6.07, 6.45) is 4.01. The Labute approximate surface area is 243 Å². The van der Waals surface area contributed by atoms with Crippen LogP contribution in [0.3, 0.4) is 0 Å². The molecular weight excluding hydrogens is 555 g/mol. The Morgan fingerprint density at radius 3 is 2.33 bits per heavy atom. The predicted molar refractivity (Wildman–Crippen MR) is 158 cm³/mol. The zero-order chi connectivity index (χ0) is 27.4. The Hall–Kier alpha value is -2.74. The molecule has 0 amide bonds. The smallest absolute Gasteiger partial charge is 0.335 e. The SMILES string of the molecule is Cl.O=C(O)c1ccc2c(c1)CCCC(c1ccc(SC(F)F)cc1)=C2c1ccc(CC2CN(CCCF)C2)cc1. The van der Waals surface area contributed by atoms with Crippen molar-refractivity contribution in [2.24, 2.45) is 5.92 Å². The second-order valence-corrected chi connectivity index (χ2v) is 11.4. The number of alkyl halides is 3. The lowest BCUT2D eigenvalue weighted by molar-refractivity contribution is 0.0696. The van der Waals surface area contributed by atoms with Gasteiger partial charge in [0.1, 0.15) is 0 Å². The van der Waals surface area contributed by atoms with Crippen molar-refractivity contribution in [3.63, 3.8) is 0 Å². The summed E-state index contributed by atoms with van der Waals surface area (Å²) in [6.45, 7) is 2.58. The number of hydrogen-bond acceptors (Lipinski definition) is 3. The number of aryl methyl sites for hydroxylation is 1. The number of likely N-dealkylation sites (tertiary alicyclic amines) is 1. The van der Waals surface area contributed by atoms with E-state index in [-0.39, 0.29) is 24.6 Å². The topological polar surface area (TPSA) is 40.5 Å². The molecule has 5 rings (SSSR count). The summed E-state index contributed by atoms with van der Waals surface area (Å²) in [6, 6.07) is 21.3. The van der Waals surface area contributed by atoms with E-state index < -0.39 is 11.7 Å². The van der Waals surface area contributed by atoms with Gasteiger partial charge in [-0.1, -0.05) is 54.2 Å². The summed E-state index contributed by atoms with van der Waals surface area (Å²) < 4.78 is 38.2. The first kappa shape index (κ1) is 30.2. The molecule has 0 saturated carbocycles. The summed E-state index contributed by atoms with van der Waals surface area (Å²) in [7, 11) is 0. The number of carboxylic acids is 1. The molecule has 3 nitrogen and oxygen atoms in total. The van der Waals surface area contributed by atoms with Gasteiger partial charge in [0.05, 0.1) is 12.2 Å². The summed E-state index contributed by atoms with van der Waals surface area (Å²) >= 11 is 0.540. The third-order valence-electron chi connectivity index (χ3n) is 7.63. The van der Waals surface area contributed by atoms with E-state index in [2.05, 4.69) is 29.2 Å². The summed E-state index contributed by atoms with van der Waals surface area (Å²) in [5, 5.41) is 9.56. The molecule has 8 heteroatoms. The largest absolute Gasteiger partial charge is 0.478 e. The lowest BCUT2D eigenvalue weighted by atomic mass is 9.86. The molecule has 3 aromatic rings. The number of halogens is 4. The molecule has 40 heavy (non-hydrogen) atoms. The second-order valence-electron chi connectivity index (χ2n) is 10.4. The molecule has 2 aliphatic rings. The van der Waals surface area contributed by atoms with Crippen LogP contribution in [0.4, 0.5) is 13.2 Å². The summed E-state index contributed by atoms with van der Waals surface area (Å²) in [4.78, 5) is 14.5. The maximum Gasteiger partial charge on any atom is 0.335 e. The van der Waals surface area contributed by atoms with Crippen LogP contribution < -0.4 is 0 Å². The van der Waals surface area contributed by atoms with Gasteiger partial charge < -0.3 is 10.0 Å². The minimum absolute atomic E-state index is 0. The highest BCUT2D eigenvalue weighted by molar-refractivity contribution is 7.99. The zero-order valence-electron chi connectivity index (χ0n) is 22.1. The van der Waals surface area contributed by atoms with Crippen LogP contribution in [0.5, 0.6) is 0 Å². The lowest BCUT2D eigenvalue weighted by Gasteiger charge is -2.39. The van der Waals surface area contributed by atoms with Gasteiger partial charge in [-0.25, -0.2) is 4.79 Å². The first-order valence-electron chi connectivity index (χ1n) is 13.4. The minimum atomic E-state index is -2.46. The molecule has 1 heterocycles. The normalized spacial score (nSPS) is 15.8. The average Bonchev–Trinajstić information content (AvgIpc) is 3.09. The van der Waals surface area contributed by atoms with Crippen molar-refractivity contribution in [3.8, 4) is 0 Å². The third kappa shape index (κ3) is 7.12. The van der Waals surface area contributed by atoms with Gasteiger partial charge in [-0.15, -0.1) is 12.4 Å². The number of nitrogens with zero attached hydrogens (tertiary/aromatic N) is 1. The van der Waals surface area contributed by atoms with Crippen LogP contribution in [0.2, 0.25) is 0 Å². The number of allylic oxidation sites excluding steroid dienone is 1. The zero-order valence-corrected chi connectivity index (χ0v) is 23.8. The fourth-order valence-electron chi connectivity index (χ4n) is 5.79. The fourth-order valence-corrected chi connectivity index (χ4v) is 6.29. The molecule has 1 aliphatic heterocycles. The Balaban J connectivity index is 0.00000370. The van der Waals surface area contributed by atoms with Gasteiger partial charge in [-0.05, 0) is 101 Å². The minimum Gasteiger partial charge on any atom is -0.478 e. The van der Waals surface area contributed by atoms with E-state index in [4.69, 9.17) is 0 Å². The number of benzene rings is 3. The van der Waals surface area contributed by atoms with Crippen LogP contribution in [-0.2, 0) is 12.8 Å². The van der Waals surface area contributed by atoms with Crippen molar-refractivity contribution < 1.29 is 23.1 Å². The highest BCUT2D eigenvalue weighted by Gasteiger charge is 2.26. The Morgan fingerprint density at radius 2 is 1.68 bits per heavy atom. The van der Waals surface area contributed by atoms with E-state index in [1.54, 1.807) is 24.3 Å². The standard InChI is InChI=1S/C32H32F3NO2S.ClH/c33-15-2-16-36-19-22(20-36)17-21-5-7-24(8-6-21)30-28(23-9-12-27(13-10-23)39-32(34)35)4-1-3-25-18-26(31(37)38)11-14-29(25)30;/h5-14,18,22,32H,1-4,15-17,19-20H2,(H,37,38);1H. The van der Waals surface area contributed by atoms with Gasteiger partial charge in [0, 0.05) is 24.5 Å². The van der Waals surface area contributed by atoms with Crippen LogP contribution in [0, 0.1) is 5.92 Å². The highest BCUT2D eigenvalue weighted by Crippen LogP contribution is 2.41. The average molecular weight is 588 g/mol. The van der Waals surface area contributed by atoms with Crippen molar-refractivity contribution in [1.29, 1.82) is 0 Å². The second kappa shape index (κ2) is 13.7. The molecule has 1 saturated heterocycles. The maximum atomic E-state index is 12.9. The number of hydrogen-bond donors (Lipinski definition) is 1. The van der Waals surface area contributed by atoms with Gasteiger partial charge in [-0.3, -0.25) is 4.39 Å². The molecule has 3 aromatic carbocycles.